The van der Waals surface area contributed by atoms with Crippen LogP contribution in [0, 0.1) is 5.92 Å². The van der Waals surface area contributed by atoms with Gasteiger partial charge in [-0.15, -0.1) is 0 Å². The van der Waals surface area contributed by atoms with Crippen LogP contribution in [-0.2, 0) is 0 Å². The quantitative estimate of drug-likeness (QED) is 0.707. The molecule has 0 saturated heterocycles. The van der Waals surface area contributed by atoms with E-state index >= 15 is 0 Å². The molecule has 96 valence electrons. The Hall–Kier alpha value is -1.52. The van der Waals surface area contributed by atoms with Crippen molar-refractivity contribution in [2.45, 2.75) is 46.1 Å². The summed E-state index contributed by atoms with van der Waals surface area (Å²) in [4.78, 5) is 17.7. The van der Waals surface area contributed by atoms with Gasteiger partial charge in [-0.05, 0) is 19.3 Å². The summed E-state index contributed by atoms with van der Waals surface area (Å²) in [6.45, 7) is 6.51. The van der Waals surface area contributed by atoms with E-state index in [0.717, 1.165) is 18.8 Å². The maximum absolute atomic E-state index is 11.3. The average Bonchev–Trinajstić information content (AvgIpc) is 2.24. The summed E-state index contributed by atoms with van der Waals surface area (Å²) in [5.74, 6) is 1.20. The molecule has 0 aliphatic rings. The van der Waals surface area contributed by atoms with Crippen LogP contribution >= 0.6 is 0 Å². The Balaban J connectivity index is 2.48. The highest BCUT2D eigenvalue weighted by atomic mass is 16.1. The minimum absolute atomic E-state index is 0.156. The molecule has 1 atom stereocenters. The predicted octanol–water partition coefficient (Wildman–Crippen LogP) is 1.98. The van der Waals surface area contributed by atoms with E-state index in [4.69, 9.17) is 5.73 Å². The number of hydrogen-bond donors (Lipinski definition) is 3. The van der Waals surface area contributed by atoms with E-state index in [-0.39, 0.29) is 17.3 Å². The summed E-state index contributed by atoms with van der Waals surface area (Å²) in [5, 5.41) is 3.17. The molecule has 0 saturated carbocycles. The lowest BCUT2D eigenvalue weighted by Crippen LogP contribution is -2.21. The minimum atomic E-state index is -0.295. The number of anilines is 2. The van der Waals surface area contributed by atoms with Gasteiger partial charge in [0.1, 0.15) is 5.69 Å². The molecule has 0 fully saturated rings. The van der Waals surface area contributed by atoms with Gasteiger partial charge in [-0.1, -0.05) is 26.7 Å². The molecule has 17 heavy (non-hydrogen) atoms. The summed E-state index contributed by atoms with van der Waals surface area (Å²) in [6.07, 6.45) is 4.78. The Morgan fingerprint density at radius 1 is 1.41 bits per heavy atom. The van der Waals surface area contributed by atoms with Gasteiger partial charge in [-0.25, -0.2) is 4.98 Å². The standard InChI is InChI=1S/C12H22N4O/c1-8(2)5-4-6-9(3)16-11-10(13)12(17)15-7-14-11/h7-9H,4-6,13H2,1-3H3,(H2,14,15,16,17). The zero-order valence-corrected chi connectivity index (χ0v) is 10.8. The molecular weight excluding hydrogens is 216 g/mol. The number of nitrogen functional groups attached to an aromatic ring is 1. The van der Waals surface area contributed by atoms with Crippen molar-refractivity contribution in [1.82, 2.24) is 9.97 Å². The van der Waals surface area contributed by atoms with Gasteiger partial charge in [-0.3, -0.25) is 4.79 Å². The number of nitrogens with one attached hydrogen (secondary N) is 2. The molecule has 1 heterocycles. The third-order valence-electron chi connectivity index (χ3n) is 2.69. The molecule has 1 unspecified atom stereocenters. The summed E-state index contributed by atoms with van der Waals surface area (Å²) in [6, 6.07) is 0.269. The van der Waals surface area contributed by atoms with Crippen LogP contribution in [0.15, 0.2) is 11.1 Å². The Labute approximate surface area is 102 Å². The SMILES string of the molecule is CC(C)CCCC(C)Nc1nc[nH]c(=O)c1N. The average molecular weight is 238 g/mol. The highest BCUT2D eigenvalue weighted by molar-refractivity contribution is 5.59. The largest absolute Gasteiger partial charge is 0.391 e. The third kappa shape index (κ3) is 4.46. The number of aromatic amines is 1. The fourth-order valence-corrected chi connectivity index (χ4v) is 1.66. The summed E-state index contributed by atoms with van der Waals surface area (Å²) < 4.78 is 0. The van der Waals surface area contributed by atoms with Crippen LogP contribution in [0.25, 0.3) is 0 Å². The highest BCUT2D eigenvalue weighted by Crippen LogP contribution is 2.13. The van der Waals surface area contributed by atoms with E-state index in [9.17, 15) is 4.79 Å². The van der Waals surface area contributed by atoms with E-state index in [1.54, 1.807) is 0 Å². The second kappa shape index (κ2) is 6.27. The van der Waals surface area contributed by atoms with Gasteiger partial charge in [0.15, 0.2) is 5.82 Å². The molecule has 0 amide bonds. The van der Waals surface area contributed by atoms with Crippen molar-refractivity contribution in [3.63, 3.8) is 0 Å². The first kappa shape index (κ1) is 13.5. The van der Waals surface area contributed by atoms with Gasteiger partial charge in [-0.2, -0.15) is 0 Å². The van der Waals surface area contributed by atoms with Crippen molar-refractivity contribution in [1.29, 1.82) is 0 Å². The molecule has 1 rings (SSSR count). The number of nitrogens with two attached hydrogens (primary N) is 1. The fraction of sp³-hybridized carbons (Fsp3) is 0.667. The molecule has 5 heteroatoms. The van der Waals surface area contributed by atoms with Crippen LogP contribution in [0.3, 0.4) is 0 Å². The van der Waals surface area contributed by atoms with Gasteiger partial charge in [0.25, 0.3) is 5.56 Å². The number of H-pyrrole nitrogens is 1. The lowest BCUT2D eigenvalue weighted by molar-refractivity contribution is 0.520. The maximum Gasteiger partial charge on any atom is 0.276 e. The third-order valence-corrected chi connectivity index (χ3v) is 2.69. The summed E-state index contributed by atoms with van der Waals surface area (Å²) in [5.41, 5.74) is 5.50. The molecule has 5 nitrogen and oxygen atoms in total. The first-order valence-electron chi connectivity index (χ1n) is 6.10. The topological polar surface area (TPSA) is 83.8 Å². The second-order valence-corrected chi connectivity index (χ2v) is 4.86. The van der Waals surface area contributed by atoms with E-state index in [2.05, 4.69) is 36.1 Å². The number of hydrogen-bond acceptors (Lipinski definition) is 4. The number of aromatic nitrogens is 2. The number of rotatable bonds is 6. The van der Waals surface area contributed by atoms with Crippen molar-refractivity contribution >= 4 is 11.5 Å². The van der Waals surface area contributed by atoms with Gasteiger partial charge in [0.2, 0.25) is 0 Å². The first-order chi connectivity index (χ1) is 8.00. The van der Waals surface area contributed by atoms with Crippen molar-refractivity contribution < 1.29 is 0 Å². The smallest absolute Gasteiger partial charge is 0.276 e. The van der Waals surface area contributed by atoms with Gasteiger partial charge in [0.05, 0.1) is 6.33 Å². The fourth-order valence-electron chi connectivity index (χ4n) is 1.66. The molecule has 0 radical (unpaired) electrons. The Bertz CT molecular complexity index is 400. The second-order valence-electron chi connectivity index (χ2n) is 4.86. The monoisotopic (exact) mass is 238 g/mol. The van der Waals surface area contributed by atoms with Crippen LogP contribution in [0.5, 0.6) is 0 Å². The van der Waals surface area contributed by atoms with Crippen LogP contribution in [0.1, 0.15) is 40.0 Å². The molecule has 0 spiro atoms. The van der Waals surface area contributed by atoms with Crippen LogP contribution in [-0.4, -0.2) is 16.0 Å². The van der Waals surface area contributed by atoms with E-state index in [1.807, 2.05) is 0 Å². The minimum Gasteiger partial charge on any atom is -0.391 e. The summed E-state index contributed by atoms with van der Waals surface area (Å²) >= 11 is 0. The first-order valence-corrected chi connectivity index (χ1v) is 6.10. The van der Waals surface area contributed by atoms with E-state index in [1.165, 1.54) is 12.7 Å². The Morgan fingerprint density at radius 3 is 2.76 bits per heavy atom. The maximum atomic E-state index is 11.3. The predicted molar refractivity (Wildman–Crippen MR) is 71.0 cm³/mol. The molecule has 0 aliphatic carbocycles. The lowest BCUT2D eigenvalue weighted by atomic mass is 10.0. The van der Waals surface area contributed by atoms with Gasteiger partial charge < -0.3 is 16.0 Å². The molecule has 0 bridgehead atoms. The Kier molecular flexibility index (Phi) is 5.00. The summed E-state index contributed by atoms with van der Waals surface area (Å²) in [7, 11) is 0. The van der Waals surface area contributed by atoms with E-state index < -0.39 is 0 Å². The molecule has 1 aromatic rings. The Morgan fingerprint density at radius 2 is 2.12 bits per heavy atom. The van der Waals surface area contributed by atoms with Crippen LogP contribution in [0.4, 0.5) is 11.5 Å². The normalized spacial score (nSPS) is 12.7. The molecule has 0 aromatic carbocycles. The van der Waals surface area contributed by atoms with E-state index in [0.29, 0.717) is 5.82 Å². The van der Waals surface area contributed by atoms with Crippen molar-refractivity contribution in [3.8, 4) is 0 Å². The lowest BCUT2D eigenvalue weighted by Gasteiger charge is -2.15. The van der Waals surface area contributed by atoms with Gasteiger partial charge >= 0.3 is 0 Å². The van der Waals surface area contributed by atoms with Crippen molar-refractivity contribution in [2.75, 3.05) is 11.1 Å². The van der Waals surface area contributed by atoms with Crippen LogP contribution in [0.2, 0.25) is 0 Å². The molecule has 1 aromatic heterocycles. The van der Waals surface area contributed by atoms with Crippen molar-refractivity contribution in [3.05, 3.63) is 16.7 Å². The van der Waals surface area contributed by atoms with Gasteiger partial charge in [0, 0.05) is 6.04 Å². The molecule has 0 aliphatic heterocycles. The zero-order chi connectivity index (χ0) is 12.8. The van der Waals surface area contributed by atoms with Crippen molar-refractivity contribution in [2.24, 2.45) is 5.92 Å². The highest BCUT2D eigenvalue weighted by Gasteiger charge is 2.08. The molecule has 4 N–H and O–H groups in total. The number of nitrogens with zero attached hydrogens (tertiary/aromatic N) is 1. The van der Waals surface area contributed by atoms with Crippen LogP contribution < -0.4 is 16.6 Å². The zero-order valence-electron chi connectivity index (χ0n) is 10.8. The molecular formula is C12H22N4O.